The van der Waals surface area contributed by atoms with Gasteiger partial charge in [0, 0.05) is 57.5 Å². The summed E-state index contributed by atoms with van der Waals surface area (Å²) in [6.45, 7) is 4.99. The van der Waals surface area contributed by atoms with Crippen molar-refractivity contribution in [1.29, 1.82) is 0 Å². The average Bonchev–Trinajstić information content (AvgIpc) is 3.27. The van der Waals surface area contributed by atoms with Crippen LogP contribution in [0.3, 0.4) is 0 Å². The summed E-state index contributed by atoms with van der Waals surface area (Å²) in [5, 5.41) is 27.0. The number of hydrogen-bond donors (Lipinski definition) is 4. The first-order chi connectivity index (χ1) is 15.0. The summed E-state index contributed by atoms with van der Waals surface area (Å²) in [5.74, 6) is -0.383. The second-order valence-corrected chi connectivity index (χ2v) is 10.3. The molecule has 2 fully saturated rings. The maximum Gasteiger partial charge on any atom is 0.220 e. The molecular weight excluding hydrogens is 408 g/mol. The zero-order chi connectivity index (χ0) is 23.4. The zero-order valence-electron chi connectivity index (χ0n) is 19.6. The van der Waals surface area contributed by atoms with Gasteiger partial charge in [0.15, 0.2) is 0 Å². The molecule has 1 aromatic carbocycles. The first kappa shape index (κ1) is 24.6. The highest BCUT2D eigenvalue weighted by molar-refractivity contribution is 5.82. The van der Waals surface area contributed by atoms with Gasteiger partial charge in [0.2, 0.25) is 11.8 Å². The molecule has 0 aromatic heterocycles. The number of likely N-dealkylation sites (N-methyl/N-ethyl adjacent to an activating group) is 2. The van der Waals surface area contributed by atoms with Crippen molar-refractivity contribution in [3.63, 3.8) is 0 Å². The van der Waals surface area contributed by atoms with E-state index < -0.39 is 16.6 Å². The summed E-state index contributed by atoms with van der Waals surface area (Å²) in [5.41, 5.74) is -1.62. The van der Waals surface area contributed by atoms with E-state index in [1.807, 2.05) is 61.2 Å². The number of carbonyl (C=O) groups excluding carboxylic acids is 2. The van der Waals surface area contributed by atoms with Crippen LogP contribution in [0, 0.1) is 0 Å². The fourth-order valence-electron chi connectivity index (χ4n) is 4.87. The second kappa shape index (κ2) is 9.87. The first-order valence-corrected chi connectivity index (χ1v) is 11.4. The third-order valence-electron chi connectivity index (χ3n) is 6.85. The highest BCUT2D eigenvalue weighted by Gasteiger charge is 2.38. The smallest absolute Gasteiger partial charge is 0.220 e. The molecular formula is C24H38N4O4. The van der Waals surface area contributed by atoms with Gasteiger partial charge < -0.3 is 30.6 Å². The molecule has 2 aliphatic heterocycles. The molecule has 2 heterocycles. The van der Waals surface area contributed by atoms with Crippen molar-refractivity contribution >= 4 is 11.8 Å². The van der Waals surface area contributed by atoms with Gasteiger partial charge in [-0.05, 0) is 32.5 Å². The quantitative estimate of drug-likeness (QED) is 0.429. The van der Waals surface area contributed by atoms with Crippen molar-refractivity contribution in [2.24, 2.45) is 0 Å². The van der Waals surface area contributed by atoms with E-state index in [-0.39, 0.29) is 37.7 Å². The van der Waals surface area contributed by atoms with Crippen LogP contribution >= 0.6 is 0 Å². The molecule has 0 spiro atoms. The Bertz CT molecular complexity index is 760. The van der Waals surface area contributed by atoms with Crippen LogP contribution in [0.5, 0.6) is 0 Å². The van der Waals surface area contributed by atoms with Gasteiger partial charge in [-0.2, -0.15) is 0 Å². The molecule has 0 aliphatic carbocycles. The number of hydrogen-bond acceptors (Lipinski definition) is 6. The fourth-order valence-corrected chi connectivity index (χ4v) is 4.87. The van der Waals surface area contributed by atoms with E-state index in [1.54, 1.807) is 0 Å². The lowest BCUT2D eigenvalue weighted by Gasteiger charge is -2.31. The fraction of sp³-hybridized carbons (Fsp3) is 0.667. The van der Waals surface area contributed by atoms with Crippen LogP contribution in [-0.4, -0.2) is 96.4 Å². The van der Waals surface area contributed by atoms with E-state index in [1.165, 1.54) is 0 Å². The number of amides is 2. The molecule has 2 amide bonds. The summed E-state index contributed by atoms with van der Waals surface area (Å²) in [7, 11) is 3.90. The Morgan fingerprint density at radius 2 is 1.34 bits per heavy atom. The number of benzene rings is 1. The largest absolute Gasteiger partial charge is 0.387 e. The van der Waals surface area contributed by atoms with Gasteiger partial charge >= 0.3 is 0 Å². The number of nitrogens with zero attached hydrogens (tertiary/aromatic N) is 2. The molecule has 2 atom stereocenters. The molecule has 0 bridgehead atoms. The van der Waals surface area contributed by atoms with E-state index in [2.05, 4.69) is 10.6 Å². The summed E-state index contributed by atoms with van der Waals surface area (Å²) in [6.07, 6.45) is 1.51. The summed E-state index contributed by atoms with van der Waals surface area (Å²) in [4.78, 5) is 29.8. The van der Waals surface area contributed by atoms with Crippen molar-refractivity contribution in [3.05, 3.63) is 35.9 Å². The Balaban J connectivity index is 1.61. The summed E-state index contributed by atoms with van der Waals surface area (Å²) < 4.78 is 0. The van der Waals surface area contributed by atoms with Crippen LogP contribution in [0.2, 0.25) is 0 Å². The van der Waals surface area contributed by atoms with Crippen molar-refractivity contribution in [1.82, 2.24) is 20.4 Å². The van der Waals surface area contributed by atoms with E-state index in [4.69, 9.17) is 0 Å². The predicted octanol–water partition coefficient (Wildman–Crippen LogP) is 0.0901. The summed E-state index contributed by atoms with van der Waals surface area (Å²) in [6, 6.07) is 9.57. The Kier molecular flexibility index (Phi) is 7.60. The molecule has 32 heavy (non-hydrogen) atoms. The molecule has 8 heteroatoms. The lowest BCUT2D eigenvalue weighted by Crippen LogP contribution is -2.47. The van der Waals surface area contributed by atoms with Crippen LogP contribution in [-0.2, 0) is 15.0 Å². The molecule has 1 aromatic rings. The lowest BCUT2D eigenvalue weighted by molar-refractivity contribution is -0.125. The number of β-amino-alcohol motifs (C(OH)–C–C–N with tert-alkyl or cyclic N) is 2. The first-order valence-electron chi connectivity index (χ1n) is 11.4. The summed E-state index contributed by atoms with van der Waals surface area (Å²) >= 11 is 0. The van der Waals surface area contributed by atoms with Crippen LogP contribution < -0.4 is 10.6 Å². The molecule has 2 unspecified atom stereocenters. The van der Waals surface area contributed by atoms with Gasteiger partial charge in [-0.1, -0.05) is 37.3 Å². The van der Waals surface area contributed by atoms with Crippen LogP contribution in [0.4, 0.5) is 0 Å². The average molecular weight is 447 g/mol. The number of rotatable bonds is 9. The third kappa shape index (κ3) is 6.51. The predicted molar refractivity (Wildman–Crippen MR) is 123 cm³/mol. The minimum Gasteiger partial charge on any atom is -0.387 e. The van der Waals surface area contributed by atoms with Crippen molar-refractivity contribution in [3.8, 4) is 0 Å². The lowest BCUT2D eigenvalue weighted by atomic mass is 9.76. The topological polar surface area (TPSA) is 105 Å². The number of aliphatic hydroxyl groups is 2. The zero-order valence-corrected chi connectivity index (χ0v) is 19.6. The maximum absolute atomic E-state index is 12.8. The van der Waals surface area contributed by atoms with Crippen molar-refractivity contribution < 1.29 is 19.8 Å². The Morgan fingerprint density at radius 1 is 0.906 bits per heavy atom. The van der Waals surface area contributed by atoms with Crippen molar-refractivity contribution in [2.75, 3.05) is 53.4 Å². The normalized spacial score (nSPS) is 28.4. The van der Waals surface area contributed by atoms with Gasteiger partial charge in [-0.15, -0.1) is 0 Å². The molecule has 3 rings (SSSR count). The molecule has 0 saturated carbocycles. The minimum absolute atomic E-state index is 0.128. The van der Waals surface area contributed by atoms with Gasteiger partial charge in [0.25, 0.3) is 0 Å². The molecule has 2 aliphatic rings. The highest BCUT2D eigenvalue weighted by atomic mass is 16.3. The van der Waals surface area contributed by atoms with Crippen molar-refractivity contribution in [2.45, 2.75) is 49.2 Å². The molecule has 2 saturated heterocycles. The van der Waals surface area contributed by atoms with Crippen LogP contribution in [0.25, 0.3) is 0 Å². The molecule has 0 radical (unpaired) electrons. The molecule has 178 valence electrons. The molecule has 4 N–H and O–H groups in total. The maximum atomic E-state index is 12.8. The van der Waals surface area contributed by atoms with E-state index in [0.717, 1.165) is 18.7 Å². The number of carbonyl (C=O) groups is 2. The van der Waals surface area contributed by atoms with E-state index >= 15 is 0 Å². The minimum atomic E-state index is -0.908. The van der Waals surface area contributed by atoms with Gasteiger partial charge in [0.05, 0.1) is 11.2 Å². The number of likely N-dealkylation sites (tertiary alicyclic amines) is 2. The Morgan fingerprint density at radius 3 is 1.72 bits per heavy atom. The SMILES string of the molecule is CN1CCC(O)(CNC(=O)CC(C)(CC(=O)NCC2(O)CCN(C)C2)c2ccccc2)C1. The van der Waals surface area contributed by atoms with Crippen LogP contribution in [0.15, 0.2) is 30.3 Å². The van der Waals surface area contributed by atoms with Gasteiger partial charge in [0.1, 0.15) is 0 Å². The second-order valence-electron chi connectivity index (χ2n) is 10.3. The third-order valence-corrected chi connectivity index (χ3v) is 6.85. The molecule has 8 nitrogen and oxygen atoms in total. The number of nitrogens with one attached hydrogen (secondary N) is 2. The van der Waals surface area contributed by atoms with Gasteiger partial charge in [-0.25, -0.2) is 0 Å². The Hall–Kier alpha value is -2.00. The van der Waals surface area contributed by atoms with E-state index in [9.17, 15) is 19.8 Å². The van der Waals surface area contributed by atoms with Gasteiger partial charge in [-0.3, -0.25) is 9.59 Å². The van der Waals surface area contributed by atoms with E-state index in [0.29, 0.717) is 25.9 Å². The van der Waals surface area contributed by atoms with Crippen LogP contribution in [0.1, 0.15) is 38.2 Å². The standard InChI is InChI=1S/C24H38N4O4/c1-22(19-7-5-4-6-8-19,13-20(29)25-15-23(31)9-11-27(2)17-23)14-21(30)26-16-24(32)10-12-28(3)18-24/h4-8,31-32H,9-18H2,1-3H3,(H,25,29)(H,26,30). The monoisotopic (exact) mass is 446 g/mol. The highest BCUT2D eigenvalue weighted by Crippen LogP contribution is 2.32. The Labute approximate surface area is 191 Å².